The number of halogens is 1. The average Bonchev–Trinajstić information content (AvgIpc) is 2.87. The number of amides is 1. The maximum absolute atomic E-state index is 13.2. The zero-order chi connectivity index (χ0) is 24.7. The fourth-order valence-corrected chi connectivity index (χ4v) is 6.19. The first kappa shape index (κ1) is 23.4. The number of fused-ring (bicyclic) bond motifs is 2. The summed E-state index contributed by atoms with van der Waals surface area (Å²) in [6.45, 7) is 0.390. The van der Waals surface area contributed by atoms with Crippen LogP contribution in [0.5, 0.6) is 0 Å². The van der Waals surface area contributed by atoms with Gasteiger partial charge >= 0.3 is 0 Å². The van der Waals surface area contributed by atoms with Crippen molar-refractivity contribution in [1.29, 1.82) is 0 Å². The number of piperidine rings is 1. The first-order valence-electron chi connectivity index (χ1n) is 11.2. The zero-order valence-electron chi connectivity index (χ0n) is 18.5. The van der Waals surface area contributed by atoms with Crippen molar-refractivity contribution in [2.24, 2.45) is 5.92 Å². The van der Waals surface area contributed by atoms with Gasteiger partial charge in [-0.05, 0) is 43.2 Å². The molecule has 0 bridgehead atoms. The van der Waals surface area contributed by atoms with Crippen molar-refractivity contribution >= 4 is 44.8 Å². The molecular weight excluding hydrogens is 488 g/mol. The molecule has 9 heteroatoms. The minimum atomic E-state index is -3.68. The van der Waals surface area contributed by atoms with Crippen LogP contribution in [0.15, 0.2) is 71.6 Å². The van der Waals surface area contributed by atoms with Crippen LogP contribution in [0.1, 0.15) is 44.7 Å². The average molecular weight is 509 g/mol. The Bertz CT molecular complexity index is 1460. The van der Waals surface area contributed by atoms with Crippen LogP contribution in [-0.2, 0) is 14.8 Å². The number of hydrogen-bond donors (Lipinski definition) is 1. The molecule has 1 fully saturated rings. The molecule has 35 heavy (non-hydrogen) atoms. The van der Waals surface area contributed by atoms with Gasteiger partial charge < -0.3 is 5.32 Å². The molecule has 178 valence electrons. The highest BCUT2D eigenvalue weighted by molar-refractivity contribution is 7.89. The van der Waals surface area contributed by atoms with E-state index in [1.54, 1.807) is 42.5 Å². The molecule has 1 aliphatic carbocycles. The molecule has 1 heterocycles. The van der Waals surface area contributed by atoms with Gasteiger partial charge in [-0.1, -0.05) is 48.0 Å². The van der Waals surface area contributed by atoms with Gasteiger partial charge in [0.15, 0.2) is 11.6 Å². The van der Waals surface area contributed by atoms with Crippen LogP contribution >= 0.6 is 11.6 Å². The van der Waals surface area contributed by atoms with Crippen molar-refractivity contribution in [1.82, 2.24) is 4.31 Å². The summed E-state index contributed by atoms with van der Waals surface area (Å²) >= 11 is 5.86. The van der Waals surface area contributed by atoms with Gasteiger partial charge in [0.05, 0.1) is 16.1 Å². The third-order valence-corrected chi connectivity index (χ3v) is 8.65. The standard InChI is InChI=1S/C26H21ClN2O5S/c27-17-8-10-18(11-9-17)35(33,34)29-14-12-16(13-15-29)26(32)28-22-7-3-6-21-23(22)25(31)20-5-2-1-4-19(20)24(21)30/h1-11,16H,12-15H2,(H,28,32). The topological polar surface area (TPSA) is 101 Å². The van der Waals surface area contributed by atoms with Crippen LogP contribution in [0.3, 0.4) is 0 Å². The molecule has 5 rings (SSSR count). The highest BCUT2D eigenvalue weighted by atomic mass is 35.5. The van der Waals surface area contributed by atoms with Gasteiger partial charge in [0, 0.05) is 40.7 Å². The van der Waals surface area contributed by atoms with Crippen molar-refractivity contribution in [2.45, 2.75) is 17.7 Å². The summed E-state index contributed by atoms with van der Waals surface area (Å²) < 4.78 is 27.2. The molecular formula is C26H21ClN2O5S. The van der Waals surface area contributed by atoms with E-state index in [1.807, 2.05) is 0 Å². The number of hydrogen-bond acceptors (Lipinski definition) is 5. The van der Waals surface area contributed by atoms with Crippen LogP contribution in [0.25, 0.3) is 0 Å². The van der Waals surface area contributed by atoms with Crippen molar-refractivity contribution in [3.05, 3.63) is 94.0 Å². The van der Waals surface area contributed by atoms with Crippen LogP contribution in [0.2, 0.25) is 5.02 Å². The van der Waals surface area contributed by atoms with E-state index in [4.69, 9.17) is 11.6 Å². The molecule has 1 aliphatic heterocycles. The molecule has 7 nitrogen and oxygen atoms in total. The van der Waals surface area contributed by atoms with Crippen LogP contribution in [0, 0.1) is 5.92 Å². The molecule has 0 saturated carbocycles. The van der Waals surface area contributed by atoms with E-state index in [0.717, 1.165) is 0 Å². The smallest absolute Gasteiger partial charge is 0.243 e. The van der Waals surface area contributed by atoms with Crippen LogP contribution in [-0.4, -0.2) is 43.3 Å². The monoisotopic (exact) mass is 508 g/mol. The van der Waals surface area contributed by atoms with Crippen molar-refractivity contribution < 1.29 is 22.8 Å². The van der Waals surface area contributed by atoms with E-state index < -0.39 is 15.9 Å². The van der Waals surface area contributed by atoms with Gasteiger partial charge in [-0.25, -0.2) is 8.42 Å². The predicted octanol–water partition coefficient (Wildman–Crippen LogP) is 4.15. The normalized spacial score (nSPS) is 16.5. The van der Waals surface area contributed by atoms with Gasteiger partial charge in [-0.15, -0.1) is 0 Å². The van der Waals surface area contributed by atoms with E-state index in [9.17, 15) is 22.8 Å². The number of rotatable bonds is 4. The number of benzene rings is 3. The summed E-state index contributed by atoms with van der Waals surface area (Å²) in [5.41, 5.74) is 1.40. The largest absolute Gasteiger partial charge is 0.325 e. The molecule has 2 aliphatic rings. The Morgan fingerprint density at radius 3 is 2.09 bits per heavy atom. The van der Waals surface area contributed by atoms with Gasteiger partial charge in [0.2, 0.25) is 15.9 Å². The minimum Gasteiger partial charge on any atom is -0.325 e. The molecule has 3 aromatic rings. The van der Waals surface area contributed by atoms with Gasteiger partial charge in [-0.3, -0.25) is 14.4 Å². The van der Waals surface area contributed by atoms with E-state index in [2.05, 4.69) is 5.32 Å². The summed E-state index contributed by atoms with van der Waals surface area (Å²) in [7, 11) is -3.68. The first-order chi connectivity index (χ1) is 16.8. The Kier molecular flexibility index (Phi) is 6.04. The second-order valence-corrected chi connectivity index (χ2v) is 10.9. The highest BCUT2D eigenvalue weighted by Crippen LogP contribution is 2.33. The second-order valence-electron chi connectivity index (χ2n) is 8.55. The van der Waals surface area contributed by atoms with Gasteiger partial charge in [-0.2, -0.15) is 4.31 Å². The molecule has 1 saturated heterocycles. The molecule has 1 N–H and O–H groups in total. The predicted molar refractivity (Wildman–Crippen MR) is 131 cm³/mol. The Morgan fingerprint density at radius 2 is 1.43 bits per heavy atom. The number of carbonyl (C=O) groups is 3. The Labute approximate surface area is 207 Å². The Morgan fingerprint density at radius 1 is 0.829 bits per heavy atom. The summed E-state index contributed by atoms with van der Waals surface area (Å²) in [5, 5.41) is 3.27. The fraction of sp³-hybridized carbons (Fsp3) is 0.192. The van der Waals surface area contributed by atoms with E-state index in [1.165, 1.54) is 28.6 Å². The molecule has 0 aromatic heterocycles. The summed E-state index contributed by atoms with van der Waals surface area (Å²) in [5.74, 6) is -1.30. The lowest BCUT2D eigenvalue weighted by molar-refractivity contribution is -0.120. The molecule has 0 spiro atoms. The van der Waals surface area contributed by atoms with E-state index >= 15 is 0 Å². The highest BCUT2D eigenvalue weighted by Gasteiger charge is 2.34. The first-order valence-corrected chi connectivity index (χ1v) is 13.0. The van der Waals surface area contributed by atoms with Crippen LogP contribution < -0.4 is 5.32 Å². The molecule has 0 radical (unpaired) electrons. The minimum absolute atomic E-state index is 0.157. The fourth-order valence-electron chi connectivity index (χ4n) is 4.60. The van der Waals surface area contributed by atoms with Gasteiger partial charge in [0.1, 0.15) is 0 Å². The maximum atomic E-state index is 13.2. The third kappa shape index (κ3) is 4.18. The summed E-state index contributed by atoms with van der Waals surface area (Å²) in [6.07, 6.45) is 0.673. The number of carbonyl (C=O) groups excluding carboxylic acids is 3. The lowest BCUT2D eigenvalue weighted by Gasteiger charge is -2.31. The molecule has 0 unspecified atom stereocenters. The number of sulfonamides is 1. The Balaban J connectivity index is 1.31. The lowest BCUT2D eigenvalue weighted by atomic mass is 9.83. The van der Waals surface area contributed by atoms with Crippen molar-refractivity contribution in [3.63, 3.8) is 0 Å². The molecule has 3 aromatic carbocycles. The second kappa shape index (κ2) is 9.03. The van der Waals surface area contributed by atoms with Crippen molar-refractivity contribution in [3.8, 4) is 0 Å². The third-order valence-electron chi connectivity index (χ3n) is 6.49. The summed E-state index contributed by atoms with van der Waals surface area (Å²) in [4.78, 5) is 39.3. The summed E-state index contributed by atoms with van der Waals surface area (Å²) in [6, 6.07) is 17.4. The van der Waals surface area contributed by atoms with Gasteiger partial charge in [0.25, 0.3) is 0 Å². The number of nitrogens with one attached hydrogen (secondary N) is 1. The maximum Gasteiger partial charge on any atom is 0.243 e. The number of ketones is 2. The Hall–Kier alpha value is -3.33. The number of anilines is 1. The quantitative estimate of drug-likeness (QED) is 0.446. The van der Waals surface area contributed by atoms with E-state index in [0.29, 0.717) is 29.0 Å². The zero-order valence-corrected chi connectivity index (χ0v) is 20.1. The number of nitrogens with zero attached hydrogens (tertiary/aromatic N) is 1. The SMILES string of the molecule is O=C1c2ccccc2C(=O)c2c(NC(=O)C3CCN(S(=O)(=O)c4ccc(Cl)cc4)CC3)cccc21. The molecule has 1 amide bonds. The van der Waals surface area contributed by atoms with E-state index in [-0.39, 0.29) is 52.3 Å². The molecule has 0 atom stereocenters. The van der Waals surface area contributed by atoms with Crippen molar-refractivity contribution in [2.75, 3.05) is 18.4 Å². The van der Waals surface area contributed by atoms with Crippen LogP contribution in [0.4, 0.5) is 5.69 Å². The lowest BCUT2D eigenvalue weighted by Crippen LogP contribution is -2.41.